The summed E-state index contributed by atoms with van der Waals surface area (Å²) in [4.78, 5) is 23.5. The Morgan fingerprint density at radius 2 is 1.92 bits per heavy atom. The third-order valence-electron chi connectivity index (χ3n) is 2.99. The molecule has 0 fully saturated rings. The molecule has 2 aromatic carbocycles. The second kappa shape index (κ2) is 8.89. The molecule has 126 valence electrons. The summed E-state index contributed by atoms with van der Waals surface area (Å²) in [5, 5.41) is 3.27. The molecule has 24 heavy (non-hydrogen) atoms. The highest BCUT2D eigenvalue weighted by Crippen LogP contribution is 2.21. The zero-order chi connectivity index (χ0) is 17.5. The van der Waals surface area contributed by atoms with Crippen molar-refractivity contribution in [3.63, 3.8) is 0 Å². The van der Waals surface area contributed by atoms with Gasteiger partial charge >= 0.3 is 5.97 Å². The van der Waals surface area contributed by atoms with Crippen molar-refractivity contribution >= 4 is 51.8 Å². The lowest BCUT2D eigenvalue weighted by Gasteiger charge is -2.10. The Balaban J connectivity index is 1.76. The van der Waals surface area contributed by atoms with Gasteiger partial charge in [-0.15, -0.1) is 0 Å². The molecule has 0 radical (unpaired) electrons. The first-order chi connectivity index (χ1) is 11.5. The van der Waals surface area contributed by atoms with Crippen LogP contribution in [0.4, 0.5) is 5.69 Å². The van der Waals surface area contributed by atoms with Crippen LogP contribution >= 0.6 is 34.2 Å². The van der Waals surface area contributed by atoms with Crippen LogP contribution < -0.4 is 10.1 Å². The standard InChI is InChI=1S/C17H15ClINO4/c1-11-8-12(18)6-7-15(11)23-10-17(22)24-9-16(21)20-14-5-3-2-4-13(14)19/h2-8H,9-10H2,1H3,(H,20,21). The Morgan fingerprint density at radius 1 is 1.17 bits per heavy atom. The largest absolute Gasteiger partial charge is 0.482 e. The molecule has 0 heterocycles. The topological polar surface area (TPSA) is 64.6 Å². The van der Waals surface area contributed by atoms with Gasteiger partial charge in [-0.1, -0.05) is 23.7 Å². The molecule has 0 saturated heterocycles. The van der Waals surface area contributed by atoms with Gasteiger partial charge in [0.1, 0.15) is 5.75 Å². The van der Waals surface area contributed by atoms with E-state index >= 15 is 0 Å². The fourth-order valence-electron chi connectivity index (χ4n) is 1.85. The molecule has 0 atom stereocenters. The molecule has 2 aromatic rings. The lowest BCUT2D eigenvalue weighted by atomic mass is 10.2. The third kappa shape index (κ3) is 5.68. The average Bonchev–Trinajstić information content (AvgIpc) is 2.54. The molecule has 0 aliphatic rings. The number of para-hydroxylation sites is 1. The van der Waals surface area contributed by atoms with Crippen LogP contribution in [0.25, 0.3) is 0 Å². The second-order valence-corrected chi connectivity index (χ2v) is 6.49. The molecule has 1 amide bonds. The molecule has 0 aliphatic heterocycles. The number of hydrogen-bond donors (Lipinski definition) is 1. The van der Waals surface area contributed by atoms with Crippen LogP contribution in [-0.4, -0.2) is 25.1 Å². The number of carbonyl (C=O) groups is 2. The smallest absolute Gasteiger partial charge is 0.344 e. The minimum absolute atomic E-state index is 0.279. The van der Waals surface area contributed by atoms with Gasteiger partial charge in [0.25, 0.3) is 5.91 Å². The minimum Gasteiger partial charge on any atom is -0.482 e. The van der Waals surface area contributed by atoms with Gasteiger partial charge in [0.15, 0.2) is 13.2 Å². The molecule has 7 heteroatoms. The van der Waals surface area contributed by atoms with E-state index in [4.69, 9.17) is 21.1 Å². The second-order valence-electron chi connectivity index (χ2n) is 4.89. The molecule has 0 aromatic heterocycles. The Labute approximate surface area is 158 Å². The highest BCUT2D eigenvalue weighted by Gasteiger charge is 2.10. The normalized spacial score (nSPS) is 10.1. The van der Waals surface area contributed by atoms with Crippen LogP contribution in [0.3, 0.4) is 0 Å². The molecule has 0 bridgehead atoms. The molecule has 0 aliphatic carbocycles. The SMILES string of the molecule is Cc1cc(Cl)ccc1OCC(=O)OCC(=O)Nc1ccccc1I. The average molecular weight is 460 g/mol. The number of benzene rings is 2. The number of ether oxygens (including phenoxy) is 2. The first-order valence-corrected chi connectivity index (χ1v) is 8.50. The lowest BCUT2D eigenvalue weighted by Crippen LogP contribution is -2.24. The number of hydrogen-bond acceptors (Lipinski definition) is 4. The van der Waals surface area contributed by atoms with Crippen molar-refractivity contribution in [1.29, 1.82) is 0 Å². The zero-order valence-corrected chi connectivity index (χ0v) is 15.8. The van der Waals surface area contributed by atoms with Gasteiger partial charge in [0.05, 0.1) is 5.69 Å². The first kappa shape index (κ1) is 18.5. The van der Waals surface area contributed by atoms with Crippen LogP contribution in [-0.2, 0) is 14.3 Å². The third-order valence-corrected chi connectivity index (χ3v) is 4.17. The minimum atomic E-state index is -0.623. The van der Waals surface area contributed by atoms with Crippen molar-refractivity contribution in [2.24, 2.45) is 0 Å². The number of anilines is 1. The highest BCUT2D eigenvalue weighted by molar-refractivity contribution is 14.1. The van der Waals surface area contributed by atoms with Crippen molar-refractivity contribution in [1.82, 2.24) is 0 Å². The quantitative estimate of drug-likeness (QED) is 0.527. The highest BCUT2D eigenvalue weighted by atomic mass is 127. The summed E-state index contributed by atoms with van der Waals surface area (Å²) < 4.78 is 11.2. The number of halogens is 2. The fraction of sp³-hybridized carbons (Fsp3) is 0.176. The Morgan fingerprint density at radius 3 is 2.62 bits per heavy atom. The Bertz CT molecular complexity index is 751. The molecular formula is C17H15ClINO4. The van der Waals surface area contributed by atoms with Crippen molar-refractivity contribution < 1.29 is 19.1 Å². The van der Waals surface area contributed by atoms with Gasteiger partial charge < -0.3 is 14.8 Å². The molecule has 5 nitrogen and oxygen atoms in total. The summed E-state index contributed by atoms with van der Waals surface area (Å²) in [5.74, 6) is -0.489. The van der Waals surface area contributed by atoms with E-state index in [1.54, 1.807) is 24.3 Å². The van der Waals surface area contributed by atoms with Crippen molar-refractivity contribution in [3.05, 3.63) is 56.6 Å². The van der Waals surface area contributed by atoms with E-state index in [0.29, 0.717) is 16.5 Å². The van der Waals surface area contributed by atoms with Crippen LogP contribution in [0.1, 0.15) is 5.56 Å². The van der Waals surface area contributed by atoms with Crippen LogP contribution in [0.15, 0.2) is 42.5 Å². The van der Waals surface area contributed by atoms with E-state index < -0.39 is 11.9 Å². The number of aryl methyl sites for hydroxylation is 1. The van der Waals surface area contributed by atoms with Gasteiger partial charge in [-0.3, -0.25) is 4.79 Å². The predicted molar refractivity (Wildman–Crippen MR) is 100 cm³/mol. The summed E-state index contributed by atoms with van der Waals surface area (Å²) in [5.41, 5.74) is 1.49. The maximum Gasteiger partial charge on any atom is 0.344 e. The summed E-state index contributed by atoms with van der Waals surface area (Å²) in [6.07, 6.45) is 0. The number of amides is 1. The number of esters is 1. The van der Waals surface area contributed by atoms with E-state index in [1.807, 2.05) is 25.1 Å². The van der Waals surface area contributed by atoms with Crippen LogP contribution in [0.2, 0.25) is 5.02 Å². The summed E-state index contributed by atoms with van der Waals surface area (Å²) in [6, 6.07) is 12.4. The van der Waals surface area contributed by atoms with E-state index in [-0.39, 0.29) is 13.2 Å². The maximum atomic E-state index is 11.8. The van der Waals surface area contributed by atoms with Crippen molar-refractivity contribution in [2.75, 3.05) is 18.5 Å². The summed E-state index contributed by atoms with van der Waals surface area (Å²) in [6.45, 7) is 1.17. The molecule has 0 spiro atoms. The monoisotopic (exact) mass is 459 g/mol. The Kier molecular flexibility index (Phi) is 6.86. The van der Waals surface area contributed by atoms with Crippen molar-refractivity contribution in [2.45, 2.75) is 6.92 Å². The lowest BCUT2D eigenvalue weighted by molar-refractivity contribution is -0.149. The van der Waals surface area contributed by atoms with Crippen LogP contribution in [0.5, 0.6) is 5.75 Å². The van der Waals surface area contributed by atoms with Gasteiger partial charge in [0.2, 0.25) is 0 Å². The molecular weight excluding hydrogens is 445 g/mol. The number of carbonyl (C=O) groups excluding carboxylic acids is 2. The van der Waals surface area contributed by atoms with Gasteiger partial charge in [-0.2, -0.15) is 0 Å². The summed E-state index contributed by atoms with van der Waals surface area (Å²) in [7, 11) is 0. The zero-order valence-electron chi connectivity index (χ0n) is 12.8. The number of rotatable bonds is 6. The van der Waals surface area contributed by atoms with Gasteiger partial charge in [-0.05, 0) is 65.4 Å². The Hall–Kier alpha value is -1.80. The van der Waals surface area contributed by atoms with Gasteiger partial charge in [-0.25, -0.2) is 4.79 Å². The molecule has 0 unspecified atom stereocenters. The number of nitrogens with one attached hydrogen (secondary N) is 1. The van der Waals surface area contributed by atoms with Crippen molar-refractivity contribution in [3.8, 4) is 5.75 Å². The van der Waals surface area contributed by atoms with E-state index in [2.05, 4.69) is 27.9 Å². The molecule has 0 saturated carbocycles. The summed E-state index contributed by atoms with van der Waals surface area (Å²) >= 11 is 7.96. The van der Waals surface area contributed by atoms with E-state index in [9.17, 15) is 9.59 Å². The molecule has 1 N–H and O–H groups in total. The molecule has 2 rings (SSSR count). The fourth-order valence-corrected chi connectivity index (χ4v) is 2.60. The van der Waals surface area contributed by atoms with Gasteiger partial charge in [0, 0.05) is 8.59 Å². The predicted octanol–water partition coefficient (Wildman–Crippen LogP) is 3.81. The van der Waals surface area contributed by atoms with Crippen LogP contribution in [0, 0.1) is 10.5 Å². The van der Waals surface area contributed by atoms with E-state index in [0.717, 1.165) is 9.13 Å². The maximum absolute atomic E-state index is 11.8. The van der Waals surface area contributed by atoms with E-state index in [1.165, 1.54) is 0 Å². The first-order valence-electron chi connectivity index (χ1n) is 7.04.